The number of carboxylic acids is 1. The molecule has 1 fully saturated rings. The molecule has 1 saturated heterocycles. The van der Waals surface area contributed by atoms with Crippen molar-refractivity contribution in [3.05, 3.63) is 0 Å². The lowest BCUT2D eigenvalue weighted by Crippen LogP contribution is -2.48. The largest absolute Gasteiger partial charge is 0.480 e. The predicted molar refractivity (Wildman–Crippen MR) is 74.8 cm³/mol. The molecule has 0 aromatic rings. The maximum absolute atomic E-state index is 12.3. The zero-order valence-electron chi connectivity index (χ0n) is 12.6. The van der Waals surface area contributed by atoms with Gasteiger partial charge in [-0.25, -0.2) is 4.79 Å². The van der Waals surface area contributed by atoms with Crippen molar-refractivity contribution in [2.75, 3.05) is 6.54 Å². The number of amides is 1. The van der Waals surface area contributed by atoms with Crippen molar-refractivity contribution in [2.45, 2.75) is 65.8 Å². The van der Waals surface area contributed by atoms with Gasteiger partial charge in [0.2, 0.25) is 5.91 Å². The van der Waals surface area contributed by atoms with Gasteiger partial charge in [0.25, 0.3) is 0 Å². The van der Waals surface area contributed by atoms with Crippen LogP contribution in [0.1, 0.15) is 59.8 Å². The monoisotopic (exact) mass is 269 g/mol. The first-order valence-corrected chi connectivity index (χ1v) is 7.23. The van der Waals surface area contributed by atoms with Gasteiger partial charge < -0.3 is 10.0 Å². The van der Waals surface area contributed by atoms with Crippen LogP contribution < -0.4 is 0 Å². The lowest BCUT2D eigenvalue weighted by Gasteiger charge is -2.34. The predicted octanol–water partition coefficient (Wildman–Crippen LogP) is 2.91. The first-order valence-electron chi connectivity index (χ1n) is 7.23. The van der Waals surface area contributed by atoms with Crippen molar-refractivity contribution in [3.63, 3.8) is 0 Å². The number of piperidine rings is 1. The molecule has 1 aliphatic rings. The molecular weight excluding hydrogens is 242 g/mol. The maximum atomic E-state index is 12.3. The van der Waals surface area contributed by atoms with Crippen LogP contribution in [0.15, 0.2) is 0 Å². The van der Waals surface area contributed by atoms with Crippen LogP contribution in [0.3, 0.4) is 0 Å². The molecule has 19 heavy (non-hydrogen) atoms. The molecule has 0 spiro atoms. The zero-order valence-corrected chi connectivity index (χ0v) is 12.6. The van der Waals surface area contributed by atoms with Crippen molar-refractivity contribution in [1.29, 1.82) is 0 Å². The highest BCUT2D eigenvalue weighted by atomic mass is 16.4. The van der Waals surface area contributed by atoms with Crippen molar-refractivity contribution < 1.29 is 14.7 Å². The molecule has 110 valence electrons. The van der Waals surface area contributed by atoms with Crippen molar-refractivity contribution in [2.24, 2.45) is 11.3 Å². The van der Waals surface area contributed by atoms with Crippen LogP contribution in [-0.4, -0.2) is 34.5 Å². The number of carboxylic acid groups (broad SMARTS) is 1. The van der Waals surface area contributed by atoms with Gasteiger partial charge in [0.1, 0.15) is 6.04 Å². The van der Waals surface area contributed by atoms with E-state index in [1.807, 2.05) is 0 Å². The second-order valence-electron chi connectivity index (χ2n) is 7.01. The Labute approximate surface area is 116 Å². The fraction of sp³-hybridized carbons (Fsp3) is 0.867. The number of hydrogen-bond acceptors (Lipinski definition) is 2. The fourth-order valence-corrected chi connectivity index (χ4v) is 3.02. The molecule has 0 aliphatic carbocycles. The third-order valence-electron chi connectivity index (χ3n) is 3.59. The Morgan fingerprint density at radius 2 is 1.95 bits per heavy atom. The number of nitrogens with zero attached hydrogens (tertiary/aromatic N) is 1. The van der Waals surface area contributed by atoms with Crippen molar-refractivity contribution in [3.8, 4) is 0 Å². The molecule has 1 amide bonds. The first-order chi connectivity index (χ1) is 8.70. The Morgan fingerprint density at radius 1 is 1.32 bits per heavy atom. The van der Waals surface area contributed by atoms with Crippen LogP contribution in [0.2, 0.25) is 0 Å². The van der Waals surface area contributed by atoms with Gasteiger partial charge in [-0.1, -0.05) is 27.7 Å². The van der Waals surface area contributed by atoms with E-state index in [4.69, 9.17) is 0 Å². The first kappa shape index (κ1) is 16.0. The minimum Gasteiger partial charge on any atom is -0.480 e. The Balaban J connectivity index is 2.58. The average molecular weight is 269 g/mol. The lowest BCUT2D eigenvalue weighted by atomic mass is 9.84. The van der Waals surface area contributed by atoms with Crippen LogP contribution in [0.5, 0.6) is 0 Å². The van der Waals surface area contributed by atoms with E-state index in [9.17, 15) is 14.7 Å². The van der Waals surface area contributed by atoms with Gasteiger partial charge in [0, 0.05) is 13.0 Å². The Kier molecular flexibility index (Phi) is 5.39. The highest BCUT2D eigenvalue weighted by Crippen LogP contribution is 2.27. The van der Waals surface area contributed by atoms with Crippen molar-refractivity contribution in [1.82, 2.24) is 4.90 Å². The molecule has 4 nitrogen and oxygen atoms in total. The van der Waals surface area contributed by atoms with E-state index in [1.54, 1.807) is 4.90 Å². The number of hydrogen-bond donors (Lipinski definition) is 1. The van der Waals surface area contributed by atoms with E-state index in [1.165, 1.54) is 0 Å². The van der Waals surface area contributed by atoms with Gasteiger partial charge in [0.15, 0.2) is 0 Å². The van der Waals surface area contributed by atoms with Gasteiger partial charge in [-0.2, -0.15) is 0 Å². The van der Waals surface area contributed by atoms with E-state index < -0.39 is 12.0 Å². The summed E-state index contributed by atoms with van der Waals surface area (Å²) in [6, 6.07) is -0.608. The topological polar surface area (TPSA) is 57.6 Å². The summed E-state index contributed by atoms with van der Waals surface area (Å²) in [6.07, 6.45) is 3.85. The van der Waals surface area contributed by atoms with Crippen LogP contribution in [0, 0.1) is 11.3 Å². The minimum atomic E-state index is -0.864. The Hall–Kier alpha value is -1.06. The molecular formula is C15H27NO3. The summed E-state index contributed by atoms with van der Waals surface area (Å²) in [5, 5.41) is 9.18. The van der Waals surface area contributed by atoms with Crippen LogP contribution >= 0.6 is 0 Å². The molecule has 0 aromatic carbocycles. The minimum absolute atomic E-state index is 0.00356. The van der Waals surface area contributed by atoms with Gasteiger partial charge in [-0.3, -0.25) is 4.79 Å². The third kappa shape index (κ3) is 5.21. The smallest absolute Gasteiger partial charge is 0.326 e. The highest BCUT2D eigenvalue weighted by molar-refractivity contribution is 5.84. The summed E-state index contributed by atoms with van der Waals surface area (Å²) >= 11 is 0. The number of carbonyl (C=O) groups is 2. The second kappa shape index (κ2) is 6.40. The van der Waals surface area contributed by atoms with E-state index >= 15 is 0 Å². The van der Waals surface area contributed by atoms with E-state index in [2.05, 4.69) is 27.7 Å². The molecule has 0 radical (unpaired) electrons. The summed E-state index contributed by atoms with van der Waals surface area (Å²) in [5.74, 6) is -0.566. The number of aliphatic carboxylic acids is 1. The van der Waals surface area contributed by atoms with Crippen LogP contribution in [0.4, 0.5) is 0 Å². The molecule has 1 heterocycles. The van der Waals surface area contributed by atoms with E-state index in [0.717, 1.165) is 19.3 Å². The number of rotatable bonds is 4. The molecule has 1 rings (SSSR count). The molecule has 0 bridgehead atoms. The van der Waals surface area contributed by atoms with E-state index in [0.29, 0.717) is 25.3 Å². The molecule has 4 heteroatoms. The molecule has 1 N–H and O–H groups in total. The van der Waals surface area contributed by atoms with Crippen LogP contribution in [-0.2, 0) is 9.59 Å². The lowest BCUT2D eigenvalue weighted by molar-refractivity contribution is -0.152. The molecule has 0 aromatic heterocycles. The number of likely N-dealkylation sites (tertiary alicyclic amines) is 1. The van der Waals surface area contributed by atoms with Gasteiger partial charge >= 0.3 is 5.97 Å². The fourth-order valence-electron chi connectivity index (χ4n) is 3.02. The molecule has 0 saturated carbocycles. The second-order valence-corrected chi connectivity index (χ2v) is 7.01. The summed E-state index contributed by atoms with van der Waals surface area (Å²) in [4.78, 5) is 25.0. The van der Waals surface area contributed by atoms with Gasteiger partial charge in [-0.15, -0.1) is 0 Å². The Bertz CT molecular complexity index is 333. The molecule has 1 unspecified atom stereocenters. The molecule has 2 atom stereocenters. The normalized spacial score (nSPS) is 22.1. The third-order valence-corrected chi connectivity index (χ3v) is 3.59. The average Bonchev–Trinajstić information content (AvgIpc) is 2.26. The van der Waals surface area contributed by atoms with Gasteiger partial charge in [-0.05, 0) is 37.0 Å². The quantitative estimate of drug-likeness (QED) is 0.853. The maximum Gasteiger partial charge on any atom is 0.326 e. The SMILES string of the molecule is CC(CC(=O)N1CCCC[C@@H]1C(=O)O)CC(C)(C)C. The highest BCUT2D eigenvalue weighted by Gasteiger charge is 2.32. The summed E-state index contributed by atoms with van der Waals surface area (Å²) in [5.41, 5.74) is 0.202. The molecule has 1 aliphatic heterocycles. The Morgan fingerprint density at radius 3 is 2.47 bits per heavy atom. The number of carbonyl (C=O) groups excluding carboxylic acids is 1. The summed E-state index contributed by atoms with van der Waals surface area (Å²) < 4.78 is 0. The summed E-state index contributed by atoms with van der Waals surface area (Å²) in [7, 11) is 0. The van der Waals surface area contributed by atoms with Gasteiger partial charge in [0.05, 0.1) is 0 Å². The zero-order chi connectivity index (χ0) is 14.6. The standard InChI is InChI=1S/C15H27NO3/c1-11(10-15(2,3)4)9-13(17)16-8-6-5-7-12(16)14(18)19/h11-12H,5-10H2,1-4H3,(H,18,19)/t11?,12-/m1/s1. The van der Waals surface area contributed by atoms with E-state index in [-0.39, 0.29) is 11.3 Å². The van der Waals surface area contributed by atoms with Crippen molar-refractivity contribution >= 4 is 11.9 Å². The van der Waals surface area contributed by atoms with Crippen LogP contribution in [0.25, 0.3) is 0 Å². The summed E-state index contributed by atoms with van der Waals surface area (Å²) in [6.45, 7) is 9.15.